The smallest absolute Gasteiger partial charge is 0.180 e. The number of unbranched alkanes of at least 4 members (excludes halogenated alkanes) is 3. The molecule has 0 saturated carbocycles. The molecule has 0 aromatic heterocycles. The lowest BCUT2D eigenvalue weighted by molar-refractivity contribution is 0.0991. The number of hydrogen-bond acceptors (Lipinski definition) is 2. The summed E-state index contributed by atoms with van der Waals surface area (Å²) < 4.78 is 5.60. The average Bonchev–Trinajstić information content (AvgIpc) is 2.38. The number of carbonyl (C=O) groups is 1. The van der Waals surface area contributed by atoms with Crippen molar-refractivity contribution in [3.8, 4) is 5.75 Å². The fourth-order valence-corrected chi connectivity index (χ4v) is 1.79. The molecule has 0 N–H and O–H groups in total. The van der Waals surface area contributed by atoms with E-state index >= 15 is 0 Å². The molecule has 0 spiro atoms. The molecule has 1 atom stereocenters. The molecule has 0 heterocycles. The van der Waals surface area contributed by atoms with Crippen molar-refractivity contribution in [1.29, 1.82) is 0 Å². The van der Waals surface area contributed by atoms with Gasteiger partial charge in [-0.25, -0.2) is 0 Å². The Bertz CT molecular complexity index is 357. The molecule has 0 aliphatic carbocycles. The Balaban J connectivity index is 2.38. The van der Waals surface area contributed by atoms with Crippen LogP contribution in [0.1, 0.15) is 49.9 Å². The van der Waals surface area contributed by atoms with Crippen LogP contribution in [0.4, 0.5) is 0 Å². The van der Waals surface area contributed by atoms with Crippen LogP contribution in [0.5, 0.6) is 5.75 Å². The summed E-state index contributed by atoms with van der Waals surface area (Å²) >= 11 is 5.75. The zero-order valence-electron chi connectivity index (χ0n) is 11.1. The molecule has 0 radical (unpaired) electrons. The van der Waals surface area contributed by atoms with Gasteiger partial charge < -0.3 is 4.74 Å². The predicted molar refractivity (Wildman–Crippen MR) is 75.7 cm³/mol. The summed E-state index contributed by atoms with van der Waals surface area (Å²) in [7, 11) is 0. The Labute approximate surface area is 114 Å². The lowest BCUT2D eigenvalue weighted by Crippen LogP contribution is -2.10. The molecule has 1 unspecified atom stereocenters. The maximum Gasteiger partial charge on any atom is 0.180 e. The molecule has 100 valence electrons. The van der Waals surface area contributed by atoms with Crippen molar-refractivity contribution < 1.29 is 9.53 Å². The van der Waals surface area contributed by atoms with Crippen molar-refractivity contribution in [2.24, 2.45) is 0 Å². The molecular formula is C15H21ClO2. The lowest BCUT2D eigenvalue weighted by Gasteiger charge is -2.07. The second-order valence-electron chi connectivity index (χ2n) is 4.41. The van der Waals surface area contributed by atoms with Gasteiger partial charge in [0.1, 0.15) is 5.75 Å². The first-order valence-corrected chi connectivity index (χ1v) is 7.00. The van der Waals surface area contributed by atoms with E-state index in [2.05, 4.69) is 6.92 Å². The van der Waals surface area contributed by atoms with Gasteiger partial charge >= 0.3 is 0 Å². The quantitative estimate of drug-likeness (QED) is 0.395. The minimum absolute atomic E-state index is 0.0498. The highest BCUT2D eigenvalue weighted by Gasteiger charge is 2.11. The van der Waals surface area contributed by atoms with E-state index in [-0.39, 0.29) is 5.78 Å². The second kappa shape index (κ2) is 8.15. The van der Waals surface area contributed by atoms with Gasteiger partial charge in [0.05, 0.1) is 12.0 Å². The van der Waals surface area contributed by atoms with E-state index in [0.29, 0.717) is 5.56 Å². The first-order valence-electron chi connectivity index (χ1n) is 6.56. The molecule has 0 aliphatic rings. The topological polar surface area (TPSA) is 26.3 Å². The number of ketones is 1. The van der Waals surface area contributed by atoms with E-state index in [4.69, 9.17) is 16.3 Å². The Morgan fingerprint density at radius 1 is 1.22 bits per heavy atom. The van der Waals surface area contributed by atoms with E-state index in [0.717, 1.165) is 18.8 Å². The maximum absolute atomic E-state index is 11.6. The third-order valence-electron chi connectivity index (χ3n) is 2.77. The van der Waals surface area contributed by atoms with Crippen molar-refractivity contribution in [3.05, 3.63) is 29.8 Å². The lowest BCUT2D eigenvalue weighted by atomic mass is 10.1. The molecular weight excluding hydrogens is 248 g/mol. The van der Waals surface area contributed by atoms with Crippen LogP contribution in [0.15, 0.2) is 24.3 Å². The zero-order valence-corrected chi connectivity index (χ0v) is 11.9. The van der Waals surface area contributed by atoms with Gasteiger partial charge in [0.15, 0.2) is 5.78 Å². The molecule has 1 aromatic rings. The molecule has 0 bridgehead atoms. The highest BCUT2D eigenvalue weighted by Crippen LogP contribution is 2.15. The molecule has 1 aromatic carbocycles. The number of alkyl halides is 1. The normalized spacial score (nSPS) is 12.2. The van der Waals surface area contributed by atoms with Crippen molar-refractivity contribution >= 4 is 17.4 Å². The number of halogens is 1. The number of rotatable bonds is 8. The molecule has 0 amide bonds. The van der Waals surface area contributed by atoms with Crippen molar-refractivity contribution in [3.63, 3.8) is 0 Å². The first kappa shape index (κ1) is 15.0. The number of ether oxygens (including phenoxy) is 1. The minimum Gasteiger partial charge on any atom is -0.494 e. The summed E-state index contributed by atoms with van der Waals surface area (Å²) in [5, 5.41) is -0.481. The van der Waals surface area contributed by atoms with Crippen LogP contribution in [0.25, 0.3) is 0 Å². The average molecular weight is 269 g/mol. The van der Waals surface area contributed by atoms with Gasteiger partial charge in [-0.2, -0.15) is 0 Å². The molecule has 2 nitrogen and oxygen atoms in total. The molecule has 0 saturated heterocycles. The highest BCUT2D eigenvalue weighted by molar-refractivity contribution is 6.33. The van der Waals surface area contributed by atoms with Crippen molar-refractivity contribution in [2.75, 3.05) is 6.61 Å². The number of carbonyl (C=O) groups excluding carboxylic acids is 1. The third kappa shape index (κ3) is 5.09. The fourth-order valence-electron chi connectivity index (χ4n) is 1.66. The zero-order chi connectivity index (χ0) is 13.4. The SMILES string of the molecule is CCCCCCOc1ccc(C(=O)C(C)Cl)cc1. The summed E-state index contributed by atoms with van der Waals surface area (Å²) in [6, 6.07) is 7.18. The van der Waals surface area contributed by atoms with E-state index in [1.807, 2.05) is 12.1 Å². The molecule has 0 aliphatic heterocycles. The van der Waals surface area contributed by atoms with Crippen LogP contribution in [-0.2, 0) is 0 Å². The molecule has 0 fully saturated rings. The van der Waals surface area contributed by atoms with Gasteiger partial charge in [-0.1, -0.05) is 26.2 Å². The summed E-state index contributed by atoms with van der Waals surface area (Å²) in [6.07, 6.45) is 4.77. The van der Waals surface area contributed by atoms with Crippen LogP contribution in [0.2, 0.25) is 0 Å². The second-order valence-corrected chi connectivity index (χ2v) is 5.07. The van der Waals surface area contributed by atoms with Gasteiger partial charge in [0.25, 0.3) is 0 Å². The van der Waals surface area contributed by atoms with Crippen molar-refractivity contribution in [1.82, 2.24) is 0 Å². The highest BCUT2D eigenvalue weighted by atomic mass is 35.5. The Morgan fingerprint density at radius 2 is 1.89 bits per heavy atom. The predicted octanol–water partition coefficient (Wildman–Crippen LogP) is 4.46. The number of Topliss-reactive ketones (excluding diaryl/α,β-unsaturated/α-hetero) is 1. The van der Waals surface area contributed by atoms with Gasteiger partial charge in [-0.05, 0) is 37.6 Å². The Hall–Kier alpha value is -1.02. The van der Waals surface area contributed by atoms with Crippen LogP contribution in [-0.4, -0.2) is 17.8 Å². The maximum atomic E-state index is 11.6. The van der Waals surface area contributed by atoms with Crippen LogP contribution >= 0.6 is 11.6 Å². The monoisotopic (exact) mass is 268 g/mol. The van der Waals surface area contributed by atoms with Gasteiger partial charge in [-0.15, -0.1) is 11.6 Å². The van der Waals surface area contributed by atoms with E-state index in [9.17, 15) is 4.79 Å². The number of benzene rings is 1. The van der Waals surface area contributed by atoms with Crippen molar-refractivity contribution in [2.45, 2.75) is 44.9 Å². The Morgan fingerprint density at radius 3 is 2.44 bits per heavy atom. The molecule has 3 heteroatoms. The van der Waals surface area contributed by atoms with Crippen LogP contribution in [0.3, 0.4) is 0 Å². The van der Waals surface area contributed by atoms with Gasteiger partial charge in [0, 0.05) is 5.56 Å². The largest absolute Gasteiger partial charge is 0.494 e. The van der Waals surface area contributed by atoms with E-state index in [1.54, 1.807) is 19.1 Å². The standard InChI is InChI=1S/C15H21ClO2/c1-3-4-5-6-11-18-14-9-7-13(8-10-14)15(17)12(2)16/h7-10,12H,3-6,11H2,1-2H3. The van der Waals surface area contributed by atoms with E-state index < -0.39 is 5.38 Å². The summed E-state index contributed by atoms with van der Waals surface area (Å²) in [5.74, 6) is 0.761. The van der Waals surface area contributed by atoms with Gasteiger partial charge in [-0.3, -0.25) is 4.79 Å². The summed E-state index contributed by atoms with van der Waals surface area (Å²) in [4.78, 5) is 11.6. The summed E-state index contributed by atoms with van der Waals surface area (Å²) in [6.45, 7) is 4.61. The van der Waals surface area contributed by atoms with Crippen LogP contribution in [0, 0.1) is 0 Å². The third-order valence-corrected chi connectivity index (χ3v) is 2.96. The first-order chi connectivity index (χ1) is 8.65. The van der Waals surface area contributed by atoms with E-state index in [1.165, 1.54) is 19.3 Å². The fraction of sp³-hybridized carbons (Fsp3) is 0.533. The number of hydrogen-bond donors (Lipinski definition) is 0. The van der Waals surface area contributed by atoms with Gasteiger partial charge in [0.2, 0.25) is 0 Å². The minimum atomic E-state index is -0.481. The molecule has 18 heavy (non-hydrogen) atoms. The van der Waals surface area contributed by atoms with Crippen LogP contribution < -0.4 is 4.74 Å². The summed E-state index contributed by atoms with van der Waals surface area (Å²) in [5.41, 5.74) is 0.635. The molecule has 1 rings (SSSR count). The Kier molecular flexibility index (Phi) is 6.81.